The zero-order valence-corrected chi connectivity index (χ0v) is 15.0. The van der Waals surface area contributed by atoms with Crippen molar-refractivity contribution in [1.82, 2.24) is 9.80 Å². The van der Waals surface area contributed by atoms with Crippen LogP contribution in [0.25, 0.3) is 0 Å². The molecule has 0 saturated carbocycles. The van der Waals surface area contributed by atoms with Crippen molar-refractivity contribution in [2.75, 3.05) is 32.7 Å². The zero-order chi connectivity index (χ0) is 15.2. The predicted octanol–water partition coefficient (Wildman–Crippen LogP) is 4.26. The first-order chi connectivity index (χ1) is 10.1. The van der Waals surface area contributed by atoms with Gasteiger partial charge in [-0.3, -0.25) is 0 Å². The van der Waals surface area contributed by atoms with Crippen LogP contribution in [0.15, 0.2) is 0 Å². The molecule has 124 valence electrons. The molecule has 2 heterocycles. The number of nitrogens with zero attached hydrogens (tertiary/aromatic N) is 2. The summed E-state index contributed by atoms with van der Waals surface area (Å²) in [6.07, 6.45) is 8.48. The summed E-state index contributed by atoms with van der Waals surface area (Å²) in [5.74, 6) is 2.73. The van der Waals surface area contributed by atoms with Crippen LogP contribution in [0.2, 0.25) is 0 Å². The lowest BCUT2D eigenvalue weighted by Crippen LogP contribution is -2.48. The SMILES string of the molecule is CC(C)CCCN1CCC(N2CCC(C(C)C)CC2)CC1. The van der Waals surface area contributed by atoms with Gasteiger partial charge in [0, 0.05) is 6.04 Å². The summed E-state index contributed by atoms with van der Waals surface area (Å²) >= 11 is 0. The normalized spacial score (nSPS) is 24.3. The van der Waals surface area contributed by atoms with Crippen LogP contribution in [0, 0.1) is 17.8 Å². The van der Waals surface area contributed by atoms with E-state index >= 15 is 0 Å². The lowest BCUT2D eigenvalue weighted by atomic mass is 9.85. The van der Waals surface area contributed by atoms with Crippen molar-refractivity contribution in [1.29, 1.82) is 0 Å². The number of hydrogen-bond donors (Lipinski definition) is 0. The number of likely N-dealkylation sites (tertiary alicyclic amines) is 2. The minimum Gasteiger partial charge on any atom is -0.303 e. The van der Waals surface area contributed by atoms with Crippen LogP contribution in [0.1, 0.15) is 66.2 Å². The highest BCUT2D eigenvalue weighted by molar-refractivity contribution is 4.83. The first kappa shape index (κ1) is 17.3. The lowest BCUT2D eigenvalue weighted by molar-refractivity contribution is 0.0684. The summed E-state index contributed by atoms with van der Waals surface area (Å²) in [6.45, 7) is 16.2. The fourth-order valence-corrected chi connectivity index (χ4v) is 4.18. The quantitative estimate of drug-likeness (QED) is 0.722. The van der Waals surface area contributed by atoms with Gasteiger partial charge in [0.25, 0.3) is 0 Å². The van der Waals surface area contributed by atoms with Gasteiger partial charge in [0.1, 0.15) is 0 Å². The molecule has 0 aromatic rings. The molecular weight excluding hydrogens is 256 g/mol. The van der Waals surface area contributed by atoms with E-state index < -0.39 is 0 Å². The zero-order valence-electron chi connectivity index (χ0n) is 15.0. The molecule has 2 aliphatic rings. The van der Waals surface area contributed by atoms with Gasteiger partial charge in [-0.05, 0) is 89.0 Å². The average molecular weight is 295 g/mol. The minimum absolute atomic E-state index is 0.866. The second kappa shape index (κ2) is 8.53. The molecule has 0 N–H and O–H groups in total. The molecule has 2 aliphatic heterocycles. The number of hydrogen-bond acceptors (Lipinski definition) is 2. The molecule has 0 unspecified atom stereocenters. The molecule has 0 bridgehead atoms. The first-order valence-electron chi connectivity index (χ1n) is 9.52. The van der Waals surface area contributed by atoms with Crippen molar-refractivity contribution in [3.8, 4) is 0 Å². The molecule has 2 rings (SSSR count). The largest absolute Gasteiger partial charge is 0.303 e. The summed E-state index contributed by atoms with van der Waals surface area (Å²) in [5, 5.41) is 0. The predicted molar refractivity (Wildman–Crippen MR) is 92.7 cm³/mol. The first-order valence-corrected chi connectivity index (χ1v) is 9.52. The van der Waals surface area contributed by atoms with Gasteiger partial charge in [0.2, 0.25) is 0 Å². The number of rotatable bonds is 6. The molecule has 2 fully saturated rings. The third-order valence-corrected chi connectivity index (χ3v) is 5.85. The van der Waals surface area contributed by atoms with Crippen LogP contribution in [0.5, 0.6) is 0 Å². The Bertz CT molecular complexity index is 271. The summed E-state index contributed by atoms with van der Waals surface area (Å²) < 4.78 is 0. The summed E-state index contributed by atoms with van der Waals surface area (Å²) in [7, 11) is 0. The molecule has 2 nitrogen and oxygen atoms in total. The Morgan fingerprint density at radius 1 is 0.857 bits per heavy atom. The van der Waals surface area contributed by atoms with Crippen LogP contribution in [0.4, 0.5) is 0 Å². The second-order valence-electron chi connectivity index (χ2n) is 8.23. The van der Waals surface area contributed by atoms with Gasteiger partial charge in [0.15, 0.2) is 0 Å². The van der Waals surface area contributed by atoms with Crippen molar-refractivity contribution >= 4 is 0 Å². The Morgan fingerprint density at radius 3 is 2.00 bits per heavy atom. The molecule has 0 radical (unpaired) electrons. The van der Waals surface area contributed by atoms with E-state index in [-0.39, 0.29) is 0 Å². The Kier molecular flexibility index (Phi) is 7.01. The van der Waals surface area contributed by atoms with Gasteiger partial charge in [0.05, 0.1) is 0 Å². The standard InChI is InChI=1S/C19H38N2/c1-16(2)6-5-11-20-12-9-19(10-13-20)21-14-7-18(8-15-21)17(3)4/h16-19H,5-15H2,1-4H3. The van der Waals surface area contributed by atoms with Crippen molar-refractivity contribution < 1.29 is 0 Å². The van der Waals surface area contributed by atoms with Gasteiger partial charge < -0.3 is 9.80 Å². The molecule has 0 spiro atoms. The van der Waals surface area contributed by atoms with E-state index in [1.807, 2.05) is 0 Å². The molecule has 0 aromatic heterocycles. The lowest BCUT2D eigenvalue weighted by Gasteiger charge is -2.42. The smallest absolute Gasteiger partial charge is 0.0120 e. The third kappa shape index (κ3) is 5.56. The Hall–Kier alpha value is -0.0800. The van der Waals surface area contributed by atoms with E-state index in [1.54, 1.807) is 0 Å². The third-order valence-electron chi connectivity index (χ3n) is 5.85. The summed E-state index contributed by atoms with van der Waals surface area (Å²) in [6, 6.07) is 0.888. The fourth-order valence-electron chi connectivity index (χ4n) is 4.18. The van der Waals surface area contributed by atoms with Crippen LogP contribution in [-0.2, 0) is 0 Å². The highest BCUT2D eigenvalue weighted by atomic mass is 15.2. The Balaban J connectivity index is 1.63. The van der Waals surface area contributed by atoms with Crippen molar-refractivity contribution in [3.63, 3.8) is 0 Å². The van der Waals surface area contributed by atoms with Crippen LogP contribution >= 0.6 is 0 Å². The van der Waals surface area contributed by atoms with E-state index in [2.05, 4.69) is 37.5 Å². The maximum absolute atomic E-state index is 2.81. The van der Waals surface area contributed by atoms with Crippen molar-refractivity contribution in [3.05, 3.63) is 0 Å². The molecule has 0 amide bonds. The van der Waals surface area contributed by atoms with Gasteiger partial charge in [-0.2, -0.15) is 0 Å². The molecule has 0 atom stereocenters. The van der Waals surface area contributed by atoms with Crippen molar-refractivity contribution in [2.24, 2.45) is 17.8 Å². The molecule has 0 aliphatic carbocycles. The van der Waals surface area contributed by atoms with Crippen LogP contribution in [0.3, 0.4) is 0 Å². The average Bonchev–Trinajstić information content (AvgIpc) is 2.48. The van der Waals surface area contributed by atoms with Gasteiger partial charge in [-0.15, -0.1) is 0 Å². The minimum atomic E-state index is 0.866. The molecule has 2 saturated heterocycles. The molecule has 2 heteroatoms. The monoisotopic (exact) mass is 294 g/mol. The topological polar surface area (TPSA) is 6.48 Å². The summed E-state index contributed by atoms with van der Waals surface area (Å²) in [5.41, 5.74) is 0. The van der Waals surface area contributed by atoms with Crippen LogP contribution < -0.4 is 0 Å². The van der Waals surface area contributed by atoms with Gasteiger partial charge >= 0.3 is 0 Å². The second-order valence-corrected chi connectivity index (χ2v) is 8.23. The van der Waals surface area contributed by atoms with Gasteiger partial charge in [-0.1, -0.05) is 27.7 Å². The van der Waals surface area contributed by atoms with Crippen LogP contribution in [-0.4, -0.2) is 48.6 Å². The molecule has 0 aromatic carbocycles. The van der Waals surface area contributed by atoms with Gasteiger partial charge in [-0.25, -0.2) is 0 Å². The maximum Gasteiger partial charge on any atom is 0.0120 e. The molecule has 21 heavy (non-hydrogen) atoms. The summed E-state index contributed by atoms with van der Waals surface area (Å²) in [4.78, 5) is 5.52. The Labute approximate surface area is 133 Å². The van der Waals surface area contributed by atoms with E-state index in [0.717, 1.165) is 23.8 Å². The highest BCUT2D eigenvalue weighted by Gasteiger charge is 2.28. The fraction of sp³-hybridized carbons (Fsp3) is 1.00. The van der Waals surface area contributed by atoms with E-state index in [0.29, 0.717) is 0 Å². The molecular formula is C19H38N2. The highest BCUT2D eigenvalue weighted by Crippen LogP contribution is 2.28. The van der Waals surface area contributed by atoms with Crippen molar-refractivity contribution in [2.45, 2.75) is 72.3 Å². The van der Waals surface area contributed by atoms with E-state index in [1.165, 1.54) is 71.2 Å². The van der Waals surface area contributed by atoms with E-state index in [4.69, 9.17) is 0 Å². The Morgan fingerprint density at radius 2 is 1.48 bits per heavy atom. The number of piperidine rings is 2. The van der Waals surface area contributed by atoms with E-state index in [9.17, 15) is 0 Å². The maximum atomic E-state index is 2.81.